The molecule has 0 bridgehead atoms. The Labute approximate surface area is 216 Å². The topological polar surface area (TPSA) is 55.8 Å². The average Bonchev–Trinajstić information content (AvgIpc) is 3.08. The van der Waals surface area contributed by atoms with Crippen LogP contribution >= 0.6 is 35.0 Å². The Morgan fingerprint density at radius 2 is 1.74 bits per heavy atom. The molecule has 3 aromatic rings. The number of hydrogen-bond acceptors (Lipinski definition) is 5. The van der Waals surface area contributed by atoms with Crippen LogP contribution in [0.15, 0.2) is 65.6 Å². The van der Waals surface area contributed by atoms with Gasteiger partial charge < -0.3 is 9.47 Å². The van der Waals surface area contributed by atoms with Gasteiger partial charge in [-0.15, -0.1) is 0 Å². The highest BCUT2D eigenvalue weighted by molar-refractivity contribution is 8.18. The van der Waals surface area contributed by atoms with E-state index in [0.717, 1.165) is 22.2 Å². The molecule has 4 rings (SSSR count). The number of benzene rings is 3. The molecule has 0 aromatic heterocycles. The van der Waals surface area contributed by atoms with Gasteiger partial charge >= 0.3 is 0 Å². The predicted molar refractivity (Wildman–Crippen MR) is 136 cm³/mol. The van der Waals surface area contributed by atoms with E-state index in [0.29, 0.717) is 44.2 Å². The third-order valence-electron chi connectivity index (χ3n) is 5.09. The number of carbonyl (C=O) groups excluding carboxylic acids is 2. The standard InChI is InChI=1S/C26H20Cl2FNO4S/c1-2-33-23-11-17(5-10-22(23)34-15-16-3-8-20(29)9-4-16)12-24-25(31)30(26(32)35-24)14-18-6-7-19(27)13-21(18)28/h3-13H,2,14-15H2,1H3/b24-12-. The van der Waals surface area contributed by atoms with Gasteiger partial charge in [0.1, 0.15) is 12.4 Å². The molecule has 2 amide bonds. The lowest BCUT2D eigenvalue weighted by molar-refractivity contribution is -0.123. The van der Waals surface area contributed by atoms with E-state index in [-0.39, 0.29) is 24.2 Å². The zero-order chi connectivity index (χ0) is 24.9. The van der Waals surface area contributed by atoms with Crippen LogP contribution in [0.3, 0.4) is 0 Å². The van der Waals surface area contributed by atoms with Crippen molar-refractivity contribution >= 4 is 52.2 Å². The first-order chi connectivity index (χ1) is 16.8. The number of halogens is 3. The predicted octanol–water partition coefficient (Wildman–Crippen LogP) is 7.35. The quantitative estimate of drug-likeness (QED) is 0.284. The summed E-state index contributed by atoms with van der Waals surface area (Å²) in [6, 6.07) is 16.2. The monoisotopic (exact) mass is 531 g/mol. The number of hydrogen-bond donors (Lipinski definition) is 0. The molecule has 0 radical (unpaired) electrons. The first-order valence-electron chi connectivity index (χ1n) is 10.7. The summed E-state index contributed by atoms with van der Waals surface area (Å²) in [5.74, 6) is 0.295. The minimum atomic E-state index is -0.402. The van der Waals surface area contributed by atoms with Crippen molar-refractivity contribution in [3.8, 4) is 11.5 Å². The van der Waals surface area contributed by atoms with Crippen molar-refractivity contribution in [3.05, 3.63) is 98.1 Å². The lowest BCUT2D eigenvalue weighted by atomic mass is 10.1. The highest BCUT2D eigenvalue weighted by atomic mass is 35.5. The maximum atomic E-state index is 13.1. The van der Waals surface area contributed by atoms with Crippen LogP contribution in [0.1, 0.15) is 23.6 Å². The maximum absolute atomic E-state index is 13.1. The minimum absolute atomic E-state index is 0.0539. The summed E-state index contributed by atoms with van der Waals surface area (Å²) in [6.07, 6.45) is 1.64. The highest BCUT2D eigenvalue weighted by Crippen LogP contribution is 2.36. The van der Waals surface area contributed by atoms with Crippen LogP contribution in [0.25, 0.3) is 6.08 Å². The summed E-state index contributed by atoms with van der Waals surface area (Å²) >= 11 is 13.0. The molecule has 35 heavy (non-hydrogen) atoms. The molecular formula is C26H20Cl2FNO4S. The lowest BCUT2D eigenvalue weighted by Crippen LogP contribution is -2.27. The van der Waals surface area contributed by atoms with E-state index in [1.165, 1.54) is 12.1 Å². The summed E-state index contributed by atoms with van der Waals surface area (Å²) in [5.41, 5.74) is 2.12. The Bertz CT molecular complexity index is 1300. The largest absolute Gasteiger partial charge is 0.490 e. The molecule has 0 unspecified atom stereocenters. The highest BCUT2D eigenvalue weighted by Gasteiger charge is 2.35. The summed E-state index contributed by atoms with van der Waals surface area (Å²) in [4.78, 5) is 26.9. The van der Waals surface area contributed by atoms with Crippen LogP contribution < -0.4 is 9.47 Å². The van der Waals surface area contributed by atoms with Crippen LogP contribution in [0.4, 0.5) is 9.18 Å². The molecule has 0 saturated carbocycles. The first kappa shape index (κ1) is 25.1. The van der Waals surface area contributed by atoms with Gasteiger partial charge in [-0.2, -0.15) is 0 Å². The number of amides is 2. The Morgan fingerprint density at radius 3 is 2.46 bits per heavy atom. The molecule has 0 spiro atoms. The van der Waals surface area contributed by atoms with Crippen molar-refractivity contribution in [2.45, 2.75) is 20.1 Å². The van der Waals surface area contributed by atoms with Crippen molar-refractivity contribution in [1.29, 1.82) is 0 Å². The summed E-state index contributed by atoms with van der Waals surface area (Å²) < 4.78 is 24.7. The van der Waals surface area contributed by atoms with Gasteiger partial charge in [0, 0.05) is 10.0 Å². The SMILES string of the molecule is CCOc1cc(/C=C2\SC(=O)N(Cc3ccc(Cl)cc3Cl)C2=O)ccc1OCc1ccc(F)cc1. The molecule has 0 N–H and O–H groups in total. The molecule has 9 heteroatoms. The number of carbonyl (C=O) groups is 2. The Balaban J connectivity index is 1.50. The molecule has 0 atom stereocenters. The number of imide groups is 1. The molecule has 1 heterocycles. The molecule has 1 aliphatic rings. The number of ether oxygens (including phenoxy) is 2. The summed E-state index contributed by atoms with van der Waals surface area (Å²) in [7, 11) is 0. The van der Waals surface area contributed by atoms with Crippen molar-refractivity contribution in [1.82, 2.24) is 4.90 Å². The second kappa shape index (κ2) is 11.2. The van der Waals surface area contributed by atoms with Gasteiger partial charge in [-0.3, -0.25) is 14.5 Å². The smallest absolute Gasteiger partial charge is 0.293 e. The van der Waals surface area contributed by atoms with Gasteiger partial charge in [-0.05, 0) is 77.9 Å². The van der Waals surface area contributed by atoms with Gasteiger partial charge in [0.25, 0.3) is 11.1 Å². The second-order valence-corrected chi connectivity index (χ2v) is 9.39. The van der Waals surface area contributed by atoms with Crippen molar-refractivity contribution in [2.75, 3.05) is 6.61 Å². The third kappa shape index (κ3) is 6.17. The molecule has 0 aliphatic carbocycles. The third-order valence-corrected chi connectivity index (χ3v) is 6.58. The first-order valence-corrected chi connectivity index (χ1v) is 12.2. The number of thioether (sulfide) groups is 1. The van der Waals surface area contributed by atoms with Crippen LogP contribution in [0.5, 0.6) is 11.5 Å². The van der Waals surface area contributed by atoms with Crippen molar-refractivity contribution in [3.63, 3.8) is 0 Å². The van der Waals surface area contributed by atoms with Crippen LogP contribution in [-0.4, -0.2) is 22.7 Å². The van der Waals surface area contributed by atoms with Gasteiger partial charge in [0.2, 0.25) is 0 Å². The number of nitrogens with zero attached hydrogens (tertiary/aromatic N) is 1. The van der Waals surface area contributed by atoms with Gasteiger partial charge in [0.15, 0.2) is 11.5 Å². The van der Waals surface area contributed by atoms with E-state index in [2.05, 4.69) is 0 Å². The van der Waals surface area contributed by atoms with E-state index in [1.54, 1.807) is 54.6 Å². The molecule has 3 aromatic carbocycles. The van der Waals surface area contributed by atoms with E-state index in [1.807, 2.05) is 6.92 Å². The zero-order valence-electron chi connectivity index (χ0n) is 18.6. The normalized spacial score (nSPS) is 14.6. The Hall–Kier alpha value is -3.00. The molecular weight excluding hydrogens is 512 g/mol. The van der Waals surface area contributed by atoms with E-state index in [4.69, 9.17) is 32.7 Å². The molecule has 180 valence electrons. The number of rotatable bonds is 8. The van der Waals surface area contributed by atoms with Gasteiger partial charge in [-0.1, -0.05) is 47.5 Å². The lowest BCUT2D eigenvalue weighted by Gasteiger charge is -2.14. The Morgan fingerprint density at radius 1 is 0.971 bits per heavy atom. The fourth-order valence-electron chi connectivity index (χ4n) is 3.35. The molecule has 5 nitrogen and oxygen atoms in total. The summed E-state index contributed by atoms with van der Waals surface area (Å²) in [5, 5.41) is 0.484. The van der Waals surface area contributed by atoms with Crippen molar-refractivity contribution in [2.24, 2.45) is 0 Å². The van der Waals surface area contributed by atoms with Crippen LogP contribution in [-0.2, 0) is 17.9 Å². The minimum Gasteiger partial charge on any atom is -0.490 e. The van der Waals surface area contributed by atoms with Crippen LogP contribution in [0, 0.1) is 5.82 Å². The molecule has 1 fully saturated rings. The average molecular weight is 532 g/mol. The van der Waals surface area contributed by atoms with E-state index in [9.17, 15) is 14.0 Å². The van der Waals surface area contributed by atoms with Crippen LogP contribution in [0.2, 0.25) is 10.0 Å². The molecule has 1 saturated heterocycles. The second-order valence-electron chi connectivity index (χ2n) is 7.56. The van der Waals surface area contributed by atoms with E-state index < -0.39 is 5.91 Å². The van der Waals surface area contributed by atoms with Gasteiger partial charge in [0.05, 0.1) is 18.1 Å². The fourth-order valence-corrected chi connectivity index (χ4v) is 4.66. The zero-order valence-corrected chi connectivity index (χ0v) is 20.9. The van der Waals surface area contributed by atoms with E-state index >= 15 is 0 Å². The van der Waals surface area contributed by atoms with Gasteiger partial charge in [-0.25, -0.2) is 4.39 Å². The van der Waals surface area contributed by atoms with Crippen molar-refractivity contribution < 1.29 is 23.5 Å². The Kier molecular flexibility index (Phi) is 8.00. The molecule has 1 aliphatic heterocycles. The maximum Gasteiger partial charge on any atom is 0.293 e. The fraction of sp³-hybridized carbons (Fsp3) is 0.154. The summed E-state index contributed by atoms with van der Waals surface area (Å²) in [6.45, 7) is 2.56.